The Labute approximate surface area is 205 Å². The topological polar surface area (TPSA) is 63.6 Å². The fourth-order valence-corrected chi connectivity index (χ4v) is 9.64. The zero-order valence-electron chi connectivity index (χ0n) is 22.2. The van der Waals surface area contributed by atoms with Crippen molar-refractivity contribution in [3.63, 3.8) is 0 Å². The van der Waals surface area contributed by atoms with E-state index in [4.69, 9.17) is 4.74 Å². The first-order chi connectivity index (χ1) is 15.8. The standard InChI is InChI=1S/C30H44O4/c1-17(2)9-8-10-18-25-21(34-26(18)33)16-29(6)19-11-12-22-27(3,4)23(31)13-14-28(22,5)20(19)15-24(32)30(25,29)7/h9,11,18,20-22,24-25,32H,8,10,12-16H2,1-7H3/t18?,20?,21-,22-,24+,25?,28+,29+,30-/m0/s1. The number of hydrogen-bond donors (Lipinski definition) is 1. The molecule has 0 aromatic carbocycles. The van der Waals surface area contributed by atoms with Gasteiger partial charge in [0.15, 0.2) is 0 Å². The molecular formula is C30H44O4. The van der Waals surface area contributed by atoms with E-state index in [-0.39, 0.29) is 51.5 Å². The minimum Gasteiger partial charge on any atom is -0.462 e. The number of Topliss-reactive ketones (excluding diaryl/α,β-unsaturated/α-hetero) is 1. The van der Waals surface area contributed by atoms with Gasteiger partial charge in [-0.05, 0) is 69.6 Å². The summed E-state index contributed by atoms with van der Waals surface area (Å²) < 4.78 is 6.04. The molecule has 4 aliphatic carbocycles. The average molecular weight is 469 g/mol. The van der Waals surface area contributed by atoms with Crippen LogP contribution in [0.15, 0.2) is 23.3 Å². The Kier molecular flexibility index (Phi) is 5.39. The number of allylic oxidation sites excluding steroid dienone is 4. The van der Waals surface area contributed by atoms with Crippen LogP contribution >= 0.6 is 0 Å². The molecule has 5 rings (SSSR count). The highest BCUT2D eigenvalue weighted by Crippen LogP contribution is 2.74. The van der Waals surface area contributed by atoms with Crippen LogP contribution in [0.2, 0.25) is 0 Å². The fourth-order valence-electron chi connectivity index (χ4n) is 9.64. The highest BCUT2D eigenvalue weighted by molar-refractivity contribution is 5.85. The molecule has 1 aliphatic heterocycles. The monoisotopic (exact) mass is 468 g/mol. The van der Waals surface area contributed by atoms with Gasteiger partial charge in [-0.25, -0.2) is 0 Å². The molecule has 0 radical (unpaired) electrons. The summed E-state index contributed by atoms with van der Waals surface area (Å²) in [6.45, 7) is 15.4. The first-order valence-electron chi connectivity index (χ1n) is 13.5. The van der Waals surface area contributed by atoms with Gasteiger partial charge in [0.05, 0.1) is 12.0 Å². The highest BCUT2D eigenvalue weighted by Gasteiger charge is 2.73. The lowest BCUT2D eigenvalue weighted by molar-refractivity contribution is -0.156. The molecule has 1 N–H and O–H groups in total. The van der Waals surface area contributed by atoms with Gasteiger partial charge in [0.25, 0.3) is 0 Å². The van der Waals surface area contributed by atoms with Crippen molar-refractivity contribution in [1.29, 1.82) is 0 Å². The van der Waals surface area contributed by atoms with Gasteiger partial charge in [0.2, 0.25) is 0 Å². The van der Waals surface area contributed by atoms with Crippen molar-refractivity contribution in [3.8, 4) is 0 Å². The van der Waals surface area contributed by atoms with Crippen LogP contribution in [0.5, 0.6) is 0 Å². The first-order valence-corrected chi connectivity index (χ1v) is 13.5. The summed E-state index contributed by atoms with van der Waals surface area (Å²) in [5.41, 5.74) is 1.88. The third-order valence-corrected chi connectivity index (χ3v) is 11.7. The van der Waals surface area contributed by atoms with Gasteiger partial charge in [-0.15, -0.1) is 0 Å². The summed E-state index contributed by atoms with van der Waals surface area (Å²) in [6.07, 6.45) is 9.76. The van der Waals surface area contributed by atoms with Crippen LogP contribution in [0, 0.1) is 45.3 Å². The van der Waals surface area contributed by atoms with Gasteiger partial charge in [-0.1, -0.05) is 57.9 Å². The number of ether oxygens (including phenoxy) is 1. The molecule has 188 valence electrons. The second-order valence-corrected chi connectivity index (χ2v) is 13.7. The van der Waals surface area contributed by atoms with Gasteiger partial charge >= 0.3 is 5.97 Å². The van der Waals surface area contributed by atoms with Crippen molar-refractivity contribution in [3.05, 3.63) is 23.3 Å². The molecular weight excluding hydrogens is 424 g/mol. The lowest BCUT2D eigenvalue weighted by Crippen LogP contribution is -2.61. The summed E-state index contributed by atoms with van der Waals surface area (Å²) in [4.78, 5) is 25.8. The Morgan fingerprint density at radius 3 is 2.56 bits per heavy atom. The van der Waals surface area contributed by atoms with E-state index in [9.17, 15) is 14.7 Å². The van der Waals surface area contributed by atoms with Crippen molar-refractivity contribution in [2.75, 3.05) is 0 Å². The molecule has 1 heterocycles. The van der Waals surface area contributed by atoms with E-state index < -0.39 is 6.10 Å². The van der Waals surface area contributed by atoms with Crippen molar-refractivity contribution in [1.82, 2.24) is 0 Å². The number of carbonyl (C=O) groups excluding carboxylic acids is 2. The number of carbonyl (C=O) groups is 2. The lowest BCUT2D eigenvalue weighted by atomic mass is 9.40. The van der Waals surface area contributed by atoms with Crippen LogP contribution < -0.4 is 0 Å². The van der Waals surface area contributed by atoms with Crippen LogP contribution in [0.1, 0.15) is 93.4 Å². The normalized spacial score (nSPS) is 48.8. The van der Waals surface area contributed by atoms with E-state index in [1.807, 2.05) is 0 Å². The van der Waals surface area contributed by atoms with Crippen molar-refractivity contribution < 1.29 is 19.4 Å². The van der Waals surface area contributed by atoms with E-state index in [0.717, 1.165) is 38.5 Å². The maximum absolute atomic E-state index is 12.9. The van der Waals surface area contributed by atoms with E-state index in [2.05, 4.69) is 60.6 Å². The molecule has 5 aliphatic rings. The van der Waals surface area contributed by atoms with Gasteiger partial charge in [-0.3, -0.25) is 9.59 Å². The second kappa shape index (κ2) is 7.54. The summed E-state index contributed by atoms with van der Waals surface area (Å²) in [7, 11) is 0. The fraction of sp³-hybridized carbons (Fsp3) is 0.800. The van der Waals surface area contributed by atoms with Crippen LogP contribution in [0.3, 0.4) is 0 Å². The molecule has 0 bridgehead atoms. The van der Waals surface area contributed by atoms with Crippen LogP contribution in [0.25, 0.3) is 0 Å². The average Bonchev–Trinajstić information content (AvgIpc) is 3.17. The van der Waals surface area contributed by atoms with Gasteiger partial charge < -0.3 is 9.84 Å². The number of aliphatic hydroxyl groups is 1. The maximum Gasteiger partial charge on any atom is 0.309 e. The maximum atomic E-state index is 12.9. The largest absolute Gasteiger partial charge is 0.462 e. The van der Waals surface area contributed by atoms with Crippen molar-refractivity contribution >= 4 is 11.8 Å². The smallest absolute Gasteiger partial charge is 0.309 e. The Morgan fingerprint density at radius 2 is 1.88 bits per heavy atom. The van der Waals surface area contributed by atoms with Gasteiger partial charge in [-0.2, -0.15) is 0 Å². The number of rotatable bonds is 3. The quantitative estimate of drug-likeness (QED) is 0.406. The predicted molar refractivity (Wildman–Crippen MR) is 133 cm³/mol. The van der Waals surface area contributed by atoms with Crippen LogP contribution in [-0.2, 0) is 14.3 Å². The third-order valence-electron chi connectivity index (χ3n) is 11.7. The minimum absolute atomic E-state index is 0.0179. The highest BCUT2D eigenvalue weighted by atomic mass is 16.6. The molecule has 3 saturated carbocycles. The second-order valence-electron chi connectivity index (χ2n) is 13.7. The number of hydrogen-bond acceptors (Lipinski definition) is 4. The SMILES string of the molecule is CC(C)=CCCC1C(=O)O[C@H]2C[C@]3(C)C4=CC[C@H]5C(C)(C)C(=O)CC[C@]5(C)C4C[C@@H](O)[C@@]3(C)C12. The Hall–Kier alpha value is -1.42. The summed E-state index contributed by atoms with van der Waals surface area (Å²) in [6, 6.07) is 0. The van der Waals surface area contributed by atoms with Crippen molar-refractivity contribution in [2.45, 2.75) is 106 Å². The zero-order valence-corrected chi connectivity index (χ0v) is 22.2. The van der Waals surface area contributed by atoms with Crippen LogP contribution in [-0.4, -0.2) is 29.1 Å². The Balaban J connectivity index is 1.54. The van der Waals surface area contributed by atoms with Crippen molar-refractivity contribution in [2.24, 2.45) is 45.3 Å². The molecule has 4 heteroatoms. The summed E-state index contributed by atoms with van der Waals surface area (Å²) in [5, 5.41) is 11.9. The third kappa shape index (κ3) is 2.93. The molecule has 9 atom stereocenters. The van der Waals surface area contributed by atoms with E-state index in [1.54, 1.807) is 0 Å². The molecule has 34 heavy (non-hydrogen) atoms. The first kappa shape index (κ1) is 24.3. The molecule has 0 amide bonds. The molecule has 4 nitrogen and oxygen atoms in total. The van der Waals surface area contributed by atoms with Gasteiger partial charge in [0.1, 0.15) is 11.9 Å². The number of fused-ring (bicyclic) bond motifs is 7. The van der Waals surface area contributed by atoms with E-state index >= 15 is 0 Å². The lowest BCUT2D eigenvalue weighted by Gasteiger charge is -2.64. The zero-order chi connectivity index (χ0) is 24.8. The molecule has 0 spiro atoms. The summed E-state index contributed by atoms with van der Waals surface area (Å²) >= 11 is 0. The Bertz CT molecular complexity index is 970. The predicted octanol–water partition coefficient (Wildman–Crippen LogP) is 6.03. The summed E-state index contributed by atoms with van der Waals surface area (Å²) in [5.74, 6) is 0.837. The number of esters is 1. The number of aliphatic hydroxyl groups excluding tert-OH is 1. The van der Waals surface area contributed by atoms with E-state index in [0.29, 0.717) is 18.1 Å². The molecule has 0 aromatic heterocycles. The Morgan fingerprint density at radius 1 is 1.18 bits per heavy atom. The van der Waals surface area contributed by atoms with E-state index in [1.165, 1.54) is 11.1 Å². The number of ketones is 1. The minimum atomic E-state index is -0.480. The molecule has 3 unspecified atom stereocenters. The molecule has 1 saturated heterocycles. The van der Waals surface area contributed by atoms with Gasteiger partial charge in [0, 0.05) is 28.6 Å². The van der Waals surface area contributed by atoms with Crippen LogP contribution in [0.4, 0.5) is 0 Å². The molecule has 4 fully saturated rings. The molecule has 0 aromatic rings.